The number of rotatable bonds is 4. The first kappa shape index (κ1) is 15.9. The molecule has 1 aliphatic heterocycles. The minimum atomic E-state index is -4.34. The van der Waals surface area contributed by atoms with E-state index in [1.54, 1.807) is 6.07 Å². The summed E-state index contributed by atoms with van der Waals surface area (Å²) in [6.45, 7) is 2.45. The van der Waals surface area contributed by atoms with Crippen LogP contribution < -0.4 is 4.74 Å². The molecule has 2 nitrogen and oxygen atoms in total. The predicted octanol–water partition coefficient (Wildman–Crippen LogP) is 4.36. The Morgan fingerprint density at radius 3 is 2.57 bits per heavy atom. The van der Waals surface area contributed by atoms with Crippen molar-refractivity contribution in [1.82, 2.24) is 4.90 Å². The van der Waals surface area contributed by atoms with Gasteiger partial charge in [0, 0.05) is 19.6 Å². The van der Waals surface area contributed by atoms with Crippen molar-refractivity contribution in [2.75, 3.05) is 13.1 Å². The van der Waals surface area contributed by atoms with Crippen LogP contribution in [0, 0.1) is 0 Å². The number of hydrogen-bond donors (Lipinski definition) is 0. The van der Waals surface area contributed by atoms with Gasteiger partial charge in [-0.1, -0.05) is 36.4 Å². The molecule has 0 radical (unpaired) electrons. The summed E-state index contributed by atoms with van der Waals surface area (Å²) in [6, 6.07) is 15.2. The smallest absolute Gasteiger partial charge is 0.416 e. The van der Waals surface area contributed by atoms with Gasteiger partial charge in [0.2, 0.25) is 0 Å². The van der Waals surface area contributed by atoms with Gasteiger partial charge in [0.25, 0.3) is 0 Å². The van der Waals surface area contributed by atoms with Crippen LogP contribution in [0.15, 0.2) is 54.6 Å². The van der Waals surface area contributed by atoms with Gasteiger partial charge in [0.1, 0.15) is 11.9 Å². The summed E-state index contributed by atoms with van der Waals surface area (Å²) in [4.78, 5) is 2.26. The van der Waals surface area contributed by atoms with Gasteiger partial charge in [-0.25, -0.2) is 0 Å². The highest BCUT2D eigenvalue weighted by Crippen LogP contribution is 2.32. The zero-order valence-corrected chi connectivity index (χ0v) is 12.6. The fourth-order valence-electron chi connectivity index (χ4n) is 2.82. The molecule has 2 aromatic carbocycles. The summed E-state index contributed by atoms with van der Waals surface area (Å²) < 4.78 is 43.9. The monoisotopic (exact) mass is 321 g/mol. The van der Waals surface area contributed by atoms with Crippen LogP contribution in [-0.2, 0) is 12.7 Å². The number of benzene rings is 2. The molecular weight excluding hydrogens is 303 g/mol. The SMILES string of the molecule is FC(F)(F)c1cccc(OC2CCN(Cc3ccccc3)C2)c1. The standard InChI is InChI=1S/C18H18F3NO/c19-18(20,21)15-7-4-8-16(11-15)23-17-9-10-22(13-17)12-14-5-2-1-3-6-14/h1-8,11,17H,9-10,12-13H2. The van der Waals surface area contributed by atoms with Gasteiger partial charge < -0.3 is 4.74 Å². The Morgan fingerprint density at radius 2 is 1.83 bits per heavy atom. The van der Waals surface area contributed by atoms with E-state index < -0.39 is 11.7 Å². The molecule has 0 amide bonds. The molecule has 1 aliphatic rings. The first-order chi connectivity index (χ1) is 11.0. The molecule has 2 aromatic rings. The summed E-state index contributed by atoms with van der Waals surface area (Å²) >= 11 is 0. The number of halogens is 3. The zero-order valence-electron chi connectivity index (χ0n) is 12.6. The van der Waals surface area contributed by atoms with E-state index in [0.717, 1.165) is 38.2 Å². The molecule has 1 fully saturated rings. The lowest BCUT2D eigenvalue weighted by atomic mass is 10.2. The van der Waals surface area contributed by atoms with Gasteiger partial charge in [-0.15, -0.1) is 0 Å². The largest absolute Gasteiger partial charge is 0.489 e. The lowest BCUT2D eigenvalue weighted by Crippen LogP contribution is -2.24. The van der Waals surface area contributed by atoms with E-state index in [0.29, 0.717) is 0 Å². The third-order valence-corrected chi connectivity index (χ3v) is 3.94. The molecule has 0 saturated carbocycles. The molecular formula is C18H18F3NO. The quantitative estimate of drug-likeness (QED) is 0.830. The van der Waals surface area contributed by atoms with E-state index in [2.05, 4.69) is 17.0 Å². The Morgan fingerprint density at radius 1 is 1.04 bits per heavy atom. The Kier molecular flexibility index (Phi) is 4.57. The number of hydrogen-bond acceptors (Lipinski definition) is 2. The maximum absolute atomic E-state index is 12.7. The minimum absolute atomic E-state index is 0.0674. The van der Waals surface area contributed by atoms with Gasteiger partial charge in [-0.2, -0.15) is 13.2 Å². The maximum Gasteiger partial charge on any atom is 0.416 e. The molecule has 0 N–H and O–H groups in total. The van der Waals surface area contributed by atoms with Gasteiger partial charge in [0.15, 0.2) is 0 Å². The van der Waals surface area contributed by atoms with Gasteiger partial charge >= 0.3 is 6.18 Å². The molecule has 0 spiro atoms. The second kappa shape index (κ2) is 6.62. The van der Waals surface area contributed by atoms with Crippen molar-refractivity contribution in [3.05, 3.63) is 65.7 Å². The number of ether oxygens (including phenoxy) is 1. The Bertz CT molecular complexity index is 642. The molecule has 1 unspecified atom stereocenters. The average molecular weight is 321 g/mol. The molecule has 0 aromatic heterocycles. The van der Waals surface area contributed by atoms with E-state index >= 15 is 0 Å². The van der Waals surface area contributed by atoms with Crippen molar-refractivity contribution >= 4 is 0 Å². The highest BCUT2D eigenvalue weighted by Gasteiger charge is 2.31. The summed E-state index contributed by atoms with van der Waals surface area (Å²) in [6.07, 6.45) is -3.58. The molecule has 0 bridgehead atoms. The summed E-state index contributed by atoms with van der Waals surface area (Å²) in [5.41, 5.74) is 0.557. The van der Waals surface area contributed by atoms with Gasteiger partial charge in [0.05, 0.1) is 5.56 Å². The molecule has 0 aliphatic carbocycles. The van der Waals surface area contributed by atoms with Crippen LogP contribution in [0.5, 0.6) is 5.75 Å². The van der Waals surface area contributed by atoms with E-state index in [1.807, 2.05) is 18.2 Å². The van der Waals surface area contributed by atoms with Crippen molar-refractivity contribution < 1.29 is 17.9 Å². The van der Waals surface area contributed by atoms with Crippen molar-refractivity contribution in [3.63, 3.8) is 0 Å². The zero-order chi connectivity index (χ0) is 16.3. The van der Waals surface area contributed by atoms with E-state index in [1.165, 1.54) is 11.6 Å². The Hall–Kier alpha value is -2.01. The molecule has 1 atom stereocenters. The summed E-state index contributed by atoms with van der Waals surface area (Å²) in [5.74, 6) is 0.284. The highest BCUT2D eigenvalue weighted by molar-refractivity contribution is 5.30. The minimum Gasteiger partial charge on any atom is -0.489 e. The van der Waals surface area contributed by atoms with Crippen LogP contribution >= 0.6 is 0 Å². The van der Waals surface area contributed by atoms with Crippen molar-refractivity contribution in [2.24, 2.45) is 0 Å². The highest BCUT2D eigenvalue weighted by atomic mass is 19.4. The Labute approximate surface area is 133 Å². The number of nitrogens with zero attached hydrogens (tertiary/aromatic N) is 1. The summed E-state index contributed by atoms with van der Waals surface area (Å²) in [5, 5.41) is 0. The van der Waals surface area contributed by atoms with Crippen molar-refractivity contribution in [1.29, 1.82) is 0 Å². The molecule has 5 heteroatoms. The predicted molar refractivity (Wildman–Crippen MR) is 82.2 cm³/mol. The average Bonchev–Trinajstić information content (AvgIpc) is 2.95. The topological polar surface area (TPSA) is 12.5 Å². The first-order valence-corrected chi connectivity index (χ1v) is 7.61. The molecule has 1 heterocycles. The first-order valence-electron chi connectivity index (χ1n) is 7.61. The van der Waals surface area contributed by atoms with Crippen LogP contribution in [0.4, 0.5) is 13.2 Å². The molecule has 3 rings (SSSR count). The third kappa shape index (κ3) is 4.26. The molecule has 122 valence electrons. The van der Waals surface area contributed by atoms with Crippen LogP contribution in [0.25, 0.3) is 0 Å². The van der Waals surface area contributed by atoms with Gasteiger partial charge in [-0.05, 0) is 30.2 Å². The summed E-state index contributed by atoms with van der Waals surface area (Å²) in [7, 11) is 0. The fourth-order valence-corrected chi connectivity index (χ4v) is 2.82. The fraction of sp³-hybridized carbons (Fsp3) is 0.333. The van der Waals surface area contributed by atoms with E-state index in [4.69, 9.17) is 4.74 Å². The van der Waals surface area contributed by atoms with E-state index in [-0.39, 0.29) is 11.9 Å². The van der Waals surface area contributed by atoms with E-state index in [9.17, 15) is 13.2 Å². The van der Waals surface area contributed by atoms with Crippen LogP contribution in [-0.4, -0.2) is 24.1 Å². The molecule has 23 heavy (non-hydrogen) atoms. The lowest BCUT2D eigenvalue weighted by molar-refractivity contribution is -0.137. The van der Waals surface area contributed by atoms with Crippen LogP contribution in [0.2, 0.25) is 0 Å². The van der Waals surface area contributed by atoms with Gasteiger partial charge in [-0.3, -0.25) is 4.90 Å². The maximum atomic E-state index is 12.7. The molecule has 1 saturated heterocycles. The lowest BCUT2D eigenvalue weighted by Gasteiger charge is -2.17. The second-order valence-electron chi connectivity index (χ2n) is 5.77. The van der Waals surface area contributed by atoms with Crippen molar-refractivity contribution in [2.45, 2.75) is 25.2 Å². The van der Waals surface area contributed by atoms with Crippen molar-refractivity contribution in [3.8, 4) is 5.75 Å². The number of alkyl halides is 3. The Balaban J connectivity index is 1.58. The van der Waals surface area contributed by atoms with Crippen LogP contribution in [0.1, 0.15) is 17.5 Å². The van der Waals surface area contributed by atoms with Crippen LogP contribution in [0.3, 0.4) is 0 Å². The number of likely N-dealkylation sites (tertiary alicyclic amines) is 1. The normalized spacial score (nSPS) is 19.0. The third-order valence-electron chi connectivity index (χ3n) is 3.94. The second-order valence-corrected chi connectivity index (χ2v) is 5.77.